The number of benzene rings is 1. The summed E-state index contributed by atoms with van der Waals surface area (Å²) in [5, 5.41) is 12.8. The zero-order chi connectivity index (χ0) is 27.1. The van der Waals surface area contributed by atoms with E-state index in [1.807, 2.05) is 36.1 Å². The van der Waals surface area contributed by atoms with E-state index >= 15 is 0 Å². The summed E-state index contributed by atoms with van der Waals surface area (Å²) < 4.78 is 11.3. The van der Waals surface area contributed by atoms with Gasteiger partial charge < -0.3 is 24.6 Å². The number of ether oxygens (including phenoxy) is 2. The molecule has 2 aliphatic rings. The number of carbonyl (C=O) groups is 2. The van der Waals surface area contributed by atoms with Crippen LogP contribution in [0.2, 0.25) is 0 Å². The Morgan fingerprint density at radius 2 is 2.08 bits per heavy atom. The number of aromatic nitrogens is 1. The monoisotopic (exact) mass is 517 g/mol. The van der Waals surface area contributed by atoms with Crippen LogP contribution >= 0.6 is 0 Å². The van der Waals surface area contributed by atoms with Crippen molar-refractivity contribution in [2.75, 3.05) is 43.6 Å². The summed E-state index contributed by atoms with van der Waals surface area (Å²) in [6.07, 6.45) is 5.61. The van der Waals surface area contributed by atoms with Crippen LogP contribution in [0.4, 0.5) is 11.5 Å². The molecule has 0 spiro atoms. The number of nitrogens with zero attached hydrogens (tertiary/aromatic N) is 4. The Kier molecular flexibility index (Phi) is 8.98. The first kappa shape index (κ1) is 27.1. The fourth-order valence-corrected chi connectivity index (χ4v) is 4.68. The number of methoxy groups -OCH3 is 1. The Hall–Kier alpha value is -3.90. The average molecular weight is 518 g/mol. The highest BCUT2D eigenvalue weighted by Gasteiger charge is 2.33. The number of hydrogen-bond acceptors (Lipinski definition) is 7. The Labute approximate surface area is 224 Å². The van der Waals surface area contributed by atoms with Crippen LogP contribution < -0.4 is 15.0 Å². The number of anilines is 2. The molecule has 1 saturated heterocycles. The third kappa shape index (κ3) is 6.69. The van der Waals surface area contributed by atoms with Crippen molar-refractivity contribution in [1.82, 2.24) is 9.88 Å². The quantitative estimate of drug-likeness (QED) is 0.475. The number of amides is 2. The van der Waals surface area contributed by atoms with Crippen molar-refractivity contribution in [2.45, 2.75) is 51.7 Å². The summed E-state index contributed by atoms with van der Waals surface area (Å²) in [4.78, 5) is 33.4. The minimum Gasteiger partial charge on any atom is -0.487 e. The maximum absolute atomic E-state index is 12.5. The molecule has 1 aromatic carbocycles. The molecule has 1 aliphatic heterocycles. The summed E-state index contributed by atoms with van der Waals surface area (Å²) in [6, 6.07) is 11.6. The summed E-state index contributed by atoms with van der Waals surface area (Å²) >= 11 is 0. The van der Waals surface area contributed by atoms with Crippen LogP contribution in [-0.4, -0.2) is 61.1 Å². The molecule has 9 nitrogen and oxygen atoms in total. The van der Waals surface area contributed by atoms with Gasteiger partial charge in [0.25, 0.3) is 0 Å². The molecule has 0 bridgehead atoms. The minimum absolute atomic E-state index is 0.00216. The molecule has 200 valence electrons. The van der Waals surface area contributed by atoms with Crippen molar-refractivity contribution in [3.8, 4) is 11.8 Å². The van der Waals surface area contributed by atoms with Crippen molar-refractivity contribution in [3.63, 3.8) is 0 Å². The third-order valence-electron chi connectivity index (χ3n) is 6.75. The van der Waals surface area contributed by atoms with Crippen LogP contribution in [0, 0.1) is 11.3 Å². The number of rotatable bonds is 10. The molecule has 4 rings (SSSR count). The van der Waals surface area contributed by atoms with Gasteiger partial charge in [-0.25, -0.2) is 4.98 Å². The van der Waals surface area contributed by atoms with E-state index in [-0.39, 0.29) is 24.5 Å². The maximum Gasteiger partial charge on any atom is 0.248 e. The predicted molar refractivity (Wildman–Crippen MR) is 145 cm³/mol. The molecule has 2 aromatic rings. The Balaban J connectivity index is 1.49. The van der Waals surface area contributed by atoms with Gasteiger partial charge in [-0.2, -0.15) is 5.26 Å². The number of carbonyl (C=O) groups excluding carboxylic acids is 2. The number of nitrogens with one attached hydrogen (secondary N) is 1. The van der Waals surface area contributed by atoms with E-state index in [1.54, 1.807) is 26.2 Å². The normalized spacial score (nSPS) is 17.4. The maximum atomic E-state index is 12.5. The second-order valence-electron chi connectivity index (χ2n) is 9.73. The van der Waals surface area contributed by atoms with Gasteiger partial charge in [-0.1, -0.05) is 18.2 Å². The summed E-state index contributed by atoms with van der Waals surface area (Å²) in [5.41, 5.74) is 2.93. The first-order valence-corrected chi connectivity index (χ1v) is 13.1. The lowest BCUT2D eigenvalue weighted by molar-refractivity contribution is -0.134. The largest absolute Gasteiger partial charge is 0.487 e. The molecule has 1 aromatic heterocycles. The van der Waals surface area contributed by atoms with E-state index in [4.69, 9.17) is 14.5 Å². The molecule has 2 fully saturated rings. The van der Waals surface area contributed by atoms with E-state index in [1.165, 1.54) is 6.08 Å². The summed E-state index contributed by atoms with van der Waals surface area (Å²) in [6.45, 7) is 6.32. The smallest absolute Gasteiger partial charge is 0.248 e. The van der Waals surface area contributed by atoms with Gasteiger partial charge in [-0.05, 0) is 50.5 Å². The van der Waals surface area contributed by atoms with Crippen molar-refractivity contribution in [3.05, 3.63) is 59.3 Å². The summed E-state index contributed by atoms with van der Waals surface area (Å²) in [5.74, 6) is 1.50. The molecule has 1 saturated carbocycles. The standard InChI is InChI=1S/C29H35N5O4/c1-4-6-26(35)31-24-8-5-7-21(15-24)19-38-25-16-23(17-30)29(32-28(25)22-9-10-22)33-12-13-34(20(2)18-33)27(36)11-14-37-3/h4-8,15-16,20,22H,9-14,18-19H2,1-3H3,(H,31,35). The number of allylic oxidation sites excluding steroid dienone is 1. The van der Waals surface area contributed by atoms with E-state index in [0.29, 0.717) is 61.4 Å². The molecule has 9 heteroatoms. The Morgan fingerprint density at radius 1 is 1.26 bits per heavy atom. The molecule has 1 aliphatic carbocycles. The van der Waals surface area contributed by atoms with Gasteiger partial charge in [-0.15, -0.1) is 0 Å². The van der Waals surface area contributed by atoms with Gasteiger partial charge >= 0.3 is 0 Å². The van der Waals surface area contributed by atoms with Gasteiger partial charge in [0, 0.05) is 50.5 Å². The number of nitriles is 1. The molecule has 2 amide bonds. The molecule has 1 atom stereocenters. The number of piperazine rings is 1. The van der Waals surface area contributed by atoms with Crippen LogP contribution in [0.3, 0.4) is 0 Å². The van der Waals surface area contributed by atoms with Crippen LogP contribution in [0.1, 0.15) is 55.8 Å². The van der Waals surface area contributed by atoms with E-state index in [2.05, 4.69) is 16.3 Å². The van der Waals surface area contributed by atoms with Gasteiger partial charge in [0.1, 0.15) is 24.2 Å². The molecule has 1 N–H and O–H groups in total. The first-order valence-electron chi connectivity index (χ1n) is 13.1. The van der Waals surface area contributed by atoms with Gasteiger partial charge in [0.15, 0.2) is 0 Å². The predicted octanol–water partition coefficient (Wildman–Crippen LogP) is 4.00. The molecular weight excluding hydrogens is 482 g/mol. The SMILES string of the molecule is CC=CC(=O)Nc1cccc(COc2cc(C#N)c(N3CCN(C(=O)CCOC)C(C)C3)nc2C2CC2)c1. The van der Waals surface area contributed by atoms with E-state index < -0.39 is 0 Å². The lowest BCUT2D eigenvalue weighted by atomic mass is 10.1. The highest BCUT2D eigenvalue weighted by Crippen LogP contribution is 2.45. The summed E-state index contributed by atoms with van der Waals surface area (Å²) in [7, 11) is 1.59. The Morgan fingerprint density at radius 3 is 2.76 bits per heavy atom. The van der Waals surface area contributed by atoms with E-state index in [0.717, 1.165) is 24.1 Å². The zero-order valence-corrected chi connectivity index (χ0v) is 22.3. The number of pyridine rings is 1. The van der Waals surface area contributed by atoms with Gasteiger partial charge in [0.05, 0.1) is 24.3 Å². The number of hydrogen-bond donors (Lipinski definition) is 1. The van der Waals surface area contributed by atoms with Crippen molar-refractivity contribution in [1.29, 1.82) is 5.26 Å². The minimum atomic E-state index is -0.186. The topological polar surface area (TPSA) is 108 Å². The fraction of sp³-hybridized carbons (Fsp3) is 0.448. The third-order valence-corrected chi connectivity index (χ3v) is 6.75. The Bertz CT molecular complexity index is 1230. The van der Waals surface area contributed by atoms with Crippen LogP contribution in [-0.2, 0) is 20.9 Å². The van der Waals surface area contributed by atoms with Crippen molar-refractivity contribution < 1.29 is 19.1 Å². The molecule has 1 unspecified atom stereocenters. The van der Waals surface area contributed by atoms with E-state index in [9.17, 15) is 14.9 Å². The van der Waals surface area contributed by atoms with Gasteiger partial charge in [-0.3, -0.25) is 9.59 Å². The van der Waals surface area contributed by atoms with Gasteiger partial charge in [0.2, 0.25) is 11.8 Å². The van der Waals surface area contributed by atoms with Crippen molar-refractivity contribution in [2.24, 2.45) is 0 Å². The van der Waals surface area contributed by atoms with Crippen molar-refractivity contribution >= 4 is 23.3 Å². The second-order valence-corrected chi connectivity index (χ2v) is 9.73. The highest BCUT2D eigenvalue weighted by molar-refractivity contribution is 5.99. The molecule has 0 radical (unpaired) electrons. The lowest BCUT2D eigenvalue weighted by Crippen LogP contribution is -2.54. The fourth-order valence-electron chi connectivity index (χ4n) is 4.68. The molecular formula is C29H35N5O4. The van der Waals surface area contributed by atoms with Crippen LogP contribution in [0.5, 0.6) is 5.75 Å². The molecule has 2 heterocycles. The van der Waals surface area contributed by atoms with Crippen LogP contribution in [0.25, 0.3) is 0 Å². The second kappa shape index (κ2) is 12.6. The highest BCUT2D eigenvalue weighted by atomic mass is 16.5. The zero-order valence-electron chi connectivity index (χ0n) is 22.3. The lowest BCUT2D eigenvalue weighted by Gasteiger charge is -2.40. The van der Waals surface area contributed by atoms with Crippen LogP contribution in [0.15, 0.2) is 42.5 Å². The average Bonchev–Trinajstić information content (AvgIpc) is 3.76. The molecule has 38 heavy (non-hydrogen) atoms. The first-order chi connectivity index (χ1) is 18.4.